The predicted octanol–water partition coefficient (Wildman–Crippen LogP) is 2.37. The van der Waals surface area contributed by atoms with Crippen molar-refractivity contribution in [3.63, 3.8) is 0 Å². The minimum atomic E-state index is -4.32. The SMILES string of the molecule is C=C(C#N)C(N)CC(C)(C)C(F)(F)F. The molecule has 0 amide bonds. The van der Waals surface area contributed by atoms with Gasteiger partial charge in [0, 0.05) is 11.6 Å². The van der Waals surface area contributed by atoms with Crippen LogP contribution in [0.5, 0.6) is 0 Å². The van der Waals surface area contributed by atoms with E-state index < -0.39 is 17.6 Å². The second-order valence-corrected chi connectivity index (χ2v) is 3.83. The number of nitrogens with zero attached hydrogens (tertiary/aromatic N) is 1. The monoisotopic (exact) mass is 206 g/mol. The summed E-state index contributed by atoms with van der Waals surface area (Å²) in [6, 6.07) is 0.718. The predicted molar refractivity (Wildman–Crippen MR) is 47.2 cm³/mol. The Morgan fingerprint density at radius 2 is 1.93 bits per heavy atom. The van der Waals surface area contributed by atoms with Crippen molar-refractivity contribution >= 4 is 0 Å². The van der Waals surface area contributed by atoms with E-state index in [2.05, 4.69) is 6.58 Å². The number of rotatable bonds is 3. The van der Waals surface area contributed by atoms with Gasteiger partial charge >= 0.3 is 6.18 Å². The summed E-state index contributed by atoms with van der Waals surface area (Å²) >= 11 is 0. The topological polar surface area (TPSA) is 49.8 Å². The van der Waals surface area contributed by atoms with E-state index in [0.29, 0.717) is 0 Å². The Morgan fingerprint density at radius 3 is 2.21 bits per heavy atom. The lowest BCUT2D eigenvalue weighted by molar-refractivity contribution is -0.214. The van der Waals surface area contributed by atoms with Gasteiger partial charge in [0.25, 0.3) is 0 Å². The molecule has 0 aliphatic carbocycles. The van der Waals surface area contributed by atoms with Gasteiger partial charge in [-0.05, 0) is 6.42 Å². The second kappa shape index (κ2) is 4.01. The van der Waals surface area contributed by atoms with E-state index in [1.54, 1.807) is 6.07 Å². The molecular formula is C9H13F3N2. The van der Waals surface area contributed by atoms with E-state index >= 15 is 0 Å². The standard InChI is InChI=1S/C9H13F3N2/c1-6(5-13)7(14)4-8(2,3)9(10,11)12/h7H,1,4,14H2,2-3H3. The molecule has 0 heterocycles. The van der Waals surface area contributed by atoms with E-state index in [1.165, 1.54) is 0 Å². The van der Waals surface area contributed by atoms with E-state index in [1.807, 2.05) is 0 Å². The highest BCUT2D eigenvalue weighted by molar-refractivity contribution is 5.22. The molecule has 2 nitrogen and oxygen atoms in total. The average Bonchev–Trinajstić information content (AvgIpc) is 2.00. The quantitative estimate of drug-likeness (QED) is 0.720. The molecule has 80 valence electrons. The summed E-state index contributed by atoms with van der Waals surface area (Å²) in [6.07, 6.45) is -4.65. The first-order chi connectivity index (χ1) is 6.12. The third kappa shape index (κ3) is 3.04. The summed E-state index contributed by atoms with van der Waals surface area (Å²) in [5.74, 6) is 0. The van der Waals surface area contributed by atoms with Gasteiger partial charge in [-0.15, -0.1) is 0 Å². The molecule has 1 unspecified atom stereocenters. The van der Waals surface area contributed by atoms with Crippen LogP contribution in [-0.2, 0) is 0 Å². The molecule has 0 fully saturated rings. The van der Waals surface area contributed by atoms with Gasteiger partial charge in [-0.2, -0.15) is 18.4 Å². The number of hydrogen-bond acceptors (Lipinski definition) is 2. The number of nitrogens with two attached hydrogens (primary N) is 1. The largest absolute Gasteiger partial charge is 0.394 e. The molecular weight excluding hydrogens is 193 g/mol. The lowest BCUT2D eigenvalue weighted by Crippen LogP contribution is -2.38. The molecule has 0 aromatic carbocycles. The lowest BCUT2D eigenvalue weighted by Gasteiger charge is -2.29. The van der Waals surface area contributed by atoms with Crippen molar-refractivity contribution in [3.8, 4) is 6.07 Å². The van der Waals surface area contributed by atoms with Crippen molar-refractivity contribution in [2.45, 2.75) is 32.5 Å². The fourth-order valence-corrected chi connectivity index (χ4v) is 0.872. The van der Waals surface area contributed by atoms with Crippen molar-refractivity contribution in [2.75, 3.05) is 0 Å². The molecule has 0 aromatic heterocycles. The maximum absolute atomic E-state index is 12.4. The highest BCUT2D eigenvalue weighted by Crippen LogP contribution is 2.41. The Balaban J connectivity index is 4.54. The molecule has 0 bridgehead atoms. The summed E-state index contributed by atoms with van der Waals surface area (Å²) in [5, 5.41) is 8.39. The van der Waals surface area contributed by atoms with Crippen LogP contribution in [0.4, 0.5) is 13.2 Å². The van der Waals surface area contributed by atoms with Crippen LogP contribution >= 0.6 is 0 Å². The van der Waals surface area contributed by atoms with Crippen LogP contribution in [0.25, 0.3) is 0 Å². The van der Waals surface area contributed by atoms with Crippen LogP contribution in [0.2, 0.25) is 0 Å². The average molecular weight is 206 g/mol. The number of halogens is 3. The Bertz CT molecular complexity index is 260. The number of nitriles is 1. The zero-order valence-electron chi connectivity index (χ0n) is 8.15. The fourth-order valence-electron chi connectivity index (χ4n) is 0.872. The minimum absolute atomic E-state index is 0.0256. The molecule has 5 heteroatoms. The van der Waals surface area contributed by atoms with Gasteiger partial charge in [0.1, 0.15) is 0 Å². The molecule has 0 saturated carbocycles. The van der Waals surface area contributed by atoms with Crippen LogP contribution in [0.15, 0.2) is 12.2 Å². The molecule has 1 atom stereocenters. The van der Waals surface area contributed by atoms with Crippen molar-refractivity contribution in [2.24, 2.45) is 11.1 Å². The third-order valence-corrected chi connectivity index (χ3v) is 2.09. The third-order valence-electron chi connectivity index (χ3n) is 2.09. The molecule has 0 aromatic rings. The van der Waals surface area contributed by atoms with Gasteiger partial charge in [0.05, 0.1) is 11.5 Å². The molecule has 14 heavy (non-hydrogen) atoms. The first-order valence-electron chi connectivity index (χ1n) is 4.03. The first-order valence-corrected chi connectivity index (χ1v) is 4.03. The molecule has 0 spiro atoms. The van der Waals surface area contributed by atoms with Crippen LogP contribution < -0.4 is 5.73 Å². The summed E-state index contributed by atoms with van der Waals surface area (Å²) < 4.78 is 37.2. The van der Waals surface area contributed by atoms with Gasteiger partial charge in [-0.25, -0.2) is 0 Å². The van der Waals surface area contributed by atoms with E-state index in [4.69, 9.17) is 11.0 Å². The van der Waals surface area contributed by atoms with E-state index in [0.717, 1.165) is 13.8 Å². The maximum Gasteiger partial charge on any atom is 0.394 e. The highest BCUT2D eigenvalue weighted by Gasteiger charge is 2.47. The van der Waals surface area contributed by atoms with E-state index in [-0.39, 0.29) is 12.0 Å². The van der Waals surface area contributed by atoms with Gasteiger partial charge in [-0.3, -0.25) is 0 Å². The Labute approximate surface area is 81.2 Å². The van der Waals surface area contributed by atoms with Crippen LogP contribution in [0.1, 0.15) is 20.3 Å². The maximum atomic E-state index is 12.4. The van der Waals surface area contributed by atoms with Crippen LogP contribution in [0.3, 0.4) is 0 Å². The number of alkyl halides is 3. The minimum Gasteiger partial charge on any atom is -0.323 e. The van der Waals surface area contributed by atoms with Crippen LogP contribution in [-0.4, -0.2) is 12.2 Å². The smallest absolute Gasteiger partial charge is 0.323 e. The zero-order chi connectivity index (χ0) is 11.6. The molecule has 0 saturated heterocycles. The molecule has 2 N–H and O–H groups in total. The van der Waals surface area contributed by atoms with E-state index in [9.17, 15) is 13.2 Å². The second-order valence-electron chi connectivity index (χ2n) is 3.83. The Hall–Kier alpha value is -1.02. The van der Waals surface area contributed by atoms with Gasteiger partial charge in [0.2, 0.25) is 0 Å². The van der Waals surface area contributed by atoms with Gasteiger partial charge in [0.15, 0.2) is 0 Å². The zero-order valence-corrected chi connectivity index (χ0v) is 8.15. The summed E-state index contributed by atoms with van der Waals surface area (Å²) in [5.41, 5.74) is 3.47. The first kappa shape index (κ1) is 13.0. The molecule has 0 aliphatic heterocycles. The summed E-state index contributed by atoms with van der Waals surface area (Å²) in [4.78, 5) is 0. The van der Waals surface area contributed by atoms with Crippen molar-refractivity contribution in [1.29, 1.82) is 5.26 Å². The lowest BCUT2D eigenvalue weighted by atomic mass is 9.83. The van der Waals surface area contributed by atoms with Crippen molar-refractivity contribution < 1.29 is 13.2 Å². The normalized spacial score (nSPS) is 14.6. The molecule has 0 rings (SSSR count). The van der Waals surface area contributed by atoms with Gasteiger partial charge in [-0.1, -0.05) is 20.4 Å². The van der Waals surface area contributed by atoms with Crippen molar-refractivity contribution in [1.82, 2.24) is 0 Å². The highest BCUT2D eigenvalue weighted by atomic mass is 19.4. The molecule has 0 aliphatic rings. The fraction of sp³-hybridized carbons (Fsp3) is 0.667. The summed E-state index contributed by atoms with van der Waals surface area (Å²) in [7, 11) is 0. The van der Waals surface area contributed by atoms with Crippen LogP contribution in [0, 0.1) is 16.7 Å². The van der Waals surface area contributed by atoms with Crippen molar-refractivity contribution in [3.05, 3.63) is 12.2 Å². The Morgan fingerprint density at radius 1 is 1.50 bits per heavy atom. The number of hydrogen-bond donors (Lipinski definition) is 1. The van der Waals surface area contributed by atoms with Gasteiger partial charge < -0.3 is 5.73 Å². The summed E-state index contributed by atoms with van der Waals surface area (Å²) in [6.45, 7) is 5.39. The molecule has 0 radical (unpaired) electrons. The Kier molecular flexibility index (Phi) is 3.72.